The first-order valence-corrected chi connectivity index (χ1v) is 9.51. The van der Waals surface area contributed by atoms with Crippen molar-refractivity contribution in [3.8, 4) is 11.5 Å². The summed E-state index contributed by atoms with van der Waals surface area (Å²) >= 11 is 0. The third-order valence-corrected chi connectivity index (χ3v) is 4.95. The number of carbonyl (C=O) groups is 2. The minimum absolute atomic E-state index is 0.0462. The summed E-state index contributed by atoms with van der Waals surface area (Å²) in [6.07, 6.45) is 2.14. The maximum absolute atomic E-state index is 12.5. The van der Waals surface area contributed by atoms with Crippen molar-refractivity contribution < 1.29 is 14.0 Å². The van der Waals surface area contributed by atoms with Crippen LogP contribution in [-0.4, -0.2) is 70.2 Å². The van der Waals surface area contributed by atoms with Gasteiger partial charge in [0.25, 0.3) is 0 Å². The van der Waals surface area contributed by atoms with Gasteiger partial charge in [-0.15, -0.1) is 5.10 Å². The van der Waals surface area contributed by atoms with E-state index in [9.17, 15) is 14.4 Å². The highest BCUT2D eigenvalue weighted by atomic mass is 16.4. The van der Waals surface area contributed by atoms with Crippen LogP contribution in [-0.2, 0) is 16.1 Å². The Morgan fingerprint density at radius 2 is 1.79 bits per heavy atom. The number of benzene rings is 1. The molecule has 9 nitrogen and oxygen atoms in total. The largest absolute Gasteiger partial charge is 0.437 e. The van der Waals surface area contributed by atoms with Gasteiger partial charge in [0.05, 0.1) is 6.54 Å². The lowest BCUT2D eigenvalue weighted by Crippen LogP contribution is -2.52. The summed E-state index contributed by atoms with van der Waals surface area (Å²) in [5.41, 5.74) is 0.684. The average molecular weight is 385 g/mol. The summed E-state index contributed by atoms with van der Waals surface area (Å²) in [6.45, 7) is 2.51. The predicted octanol–water partition coefficient (Wildman–Crippen LogP) is -0.0739. The topological polar surface area (TPSA) is 101 Å². The van der Waals surface area contributed by atoms with Gasteiger partial charge in [0.2, 0.25) is 17.7 Å². The van der Waals surface area contributed by atoms with Crippen LogP contribution in [0.15, 0.2) is 39.5 Å². The Morgan fingerprint density at radius 3 is 2.46 bits per heavy atom. The zero-order valence-corrected chi connectivity index (χ0v) is 15.5. The molecule has 1 aromatic carbocycles. The molecule has 1 aliphatic heterocycles. The first-order valence-electron chi connectivity index (χ1n) is 9.51. The lowest BCUT2D eigenvalue weighted by molar-refractivity contribution is -0.134. The second-order valence-corrected chi connectivity index (χ2v) is 7.20. The van der Waals surface area contributed by atoms with Crippen LogP contribution < -0.4 is 11.1 Å². The molecule has 1 saturated heterocycles. The van der Waals surface area contributed by atoms with Crippen molar-refractivity contribution in [2.45, 2.75) is 25.4 Å². The Labute approximate surface area is 161 Å². The van der Waals surface area contributed by atoms with Crippen LogP contribution in [0, 0.1) is 0 Å². The van der Waals surface area contributed by atoms with E-state index in [4.69, 9.17) is 4.42 Å². The molecular weight excluding hydrogens is 362 g/mol. The summed E-state index contributed by atoms with van der Waals surface area (Å²) in [7, 11) is 0. The second-order valence-electron chi connectivity index (χ2n) is 7.20. The number of rotatable bonds is 6. The van der Waals surface area contributed by atoms with Crippen LogP contribution >= 0.6 is 0 Å². The van der Waals surface area contributed by atoms with Crippen molar-refractivity contribution in [1.29, 1.82) is 0 Å². The first-order chi connectivity index (χ1) is 13.6. The van der Waals surface area contributed by atoms with E-state index < -0.39 is 5.76 Å². The van der Waals surface area contributed by atoms with Crippen molar-refractivity contribution in [3.05, 3.63) is 40.9 Å². The molecule has 0 bridgehead atoms. The standard InChI is InChI=1S/C19H23N5O4/c25-16(20-15-6-7-15)12-22-8-10-23(11-9-22)17(26)13-24-19(27)28-18(21-24)14-4-2-1-3-5-14/h1-5,15H,6-13H2,(H,20,25). The van der Waals surface area contributed by atoms with E-state index in [1.165, 1.54) is 0 Å². The molecule has 2 fully saturated rings. The van der Waals surface area contributed by atoms with Crippen molar-refractivity contribution in [3.63, 3.8) is 0 Å². The molecule has 9 heteroatoms. The number of carbonyl (C=O) groups excluding carboxylic acids is 2. The third kappa shape index (κ3) is 4.48. The maximum Gasteiger partial charge on any atom is 0.437 e. The average Bonchev–Trinajstić information content (AvgIpc) is 3.44. The maximum atomic E-state index is 12.5. The minimum Gasteiger partial charge on any atom is -0.388 e. The number of hydrogen-bond donors (Lipinski definition) is 1. The Balaban J connectivity index is 1.29. The van der Waals surface area contributed by atoms with Crippen molar-refractivity contribution >= 4 is 11.8 Å². The van der Waals surface area contributed by atoms with Crippen LogP contribution in [0.2, 0.25) is 0 Å². The Kier molecular flexibility index (Phi) is 5.25. The van der Waals surface area contributed by atoms with Crippen LogP contribution in [0.25, 0.3) is 11.5 Å². The Hall–Kier alpha value is -2.94. The van der Waals surface area contributed by atoms with Crippen molar-refractivity contribution in [2.24, 2.45) is 0 Å². The molecule has 2 amide bonds. The van der Waals surface area contributed by atoms with E-state index in [0.29, 0.717) is 44.3 Å². The van der Waals surface area contributed by atoms with Gasteiger partial charge in [0.1, 0.15) is 6.54 Å². The molecule has 0 spiro atoms. The molecule has 2 aromatic rings. The van der Waals surface area contributed by atoms with E-state index in [1.54, 1.807) is 17.0 Å². The van der Waals surface area contributed by atoms with E-state index >= 15 is 0 Å². The van der Waals surface area contributed by atoms with Crippen LogP contribution in [0.4, 0.5) is 0 Å². The first kappa shape index (κ1) is 18.4. The predicted molar refractivity (Wildman–Crippen MR) is 100 cm³/mol. The van der Waals surface area contributed by atoms with E-state index in [2.05, 4.69) is 10.4 Å². The van der Waals surface area contributed by atoms with Gasteiger partial charge in [-0.3, -0.25) is 14.5 Å². The molecule has 1 aromatic heterocycles. The Bertz CT molecular complexity index is 895. The fourth-order valence-electron chi connectivity index (χ4n) is 3.19. The fraction of sp³-hybridized carbons (Fsp3) is 0.474. The van der Waals surface area contributed by atoms with Gasteiger partial charge in [0, 0.05) is 37.8 Å². The fourth-order valence-corrected chi connectivity index (χ4v) is 3.19. The van der Waals surface area contributed by atoms with E-state index in [-0.39, 0.29) is 24.2 Å². The van der Waals surface area contributed by atoms with Gasteiger partial charge in [-0.25, -0.2) is 4.79 Å². The summed E-state index contributed by atoms with van der Waals surface area (Å²) in [5, 5.41) is 7.10. The zero-order chi connectivity index (χ0) is 19.5. The molecule has 148 valence electrons. The van der Waals surface area contributed by atoms with Crippen molar-refractivity contribution in [2.75, 3.05) is 32.7 Å². The molecule has 0 atom stereocenters. The summed E-state index contributed by atoms with van der Waals surface area (Å²) < 4.78 is 6.21. The quantitative estimate of drug-likeness (QED) is 0.747. The lowest BCUT2D eigenvalue weighted by atomic mass is 10.2. The normalized spacial score (nSPS) is 17.5. The molecule has 2 aliphatic rings. The van der Waals surface area contributed by atoms with Gasteiger partial charge < -0.3 is 14.6 Å². The SMILES string of the molecule is O=C(CN1CCN(C(=O)Cn2nc(-c3ccccc3)oc2=O)CC1)NC1CC1. The minimum atomic E-state index is -0.650. The summed E-state index contributed by atoms with van der Waals surface area (Å²) in [5.74, 6) is -0.588. The molecule has 1 saturated carbocycles. The van der Waals surface area contributed by atoms with Crippen molar-refractivity contribution in [1.82, 2.24) is 24.9 Å². The number of aromatic nitrogens is 2. The highest BCUT2D eigenvalue weighted by molar-refractivity contribution is 5.79. The monoisotopic (exact) mass is 385 g/mol. The number of nitrogens with one attached hydrogen (secondary N) is 1. The molecule has 28 heavy (non-hydrogen) atoms. The highest BCUT2D eigenvalue weighted by Gasteiger charge is 2.26. The Morgan fingerprint density at radius 1 is 1.07 bits per heavy atom. The smallest absolute Gasteiger partial charge is 0.388 e. The van der Waals surface area contributed by atoms with Gasteiger partial charge in [-0.1, -0.05) is 18.2 Å². The van der Waals surface area contributed by atoms with E-state index in [0.717, 1.165) is 17.5 Å². The summed E-state index contributed by atoms with van der Waals surface area (Å²) in [4.78, 5) is 40.2. The molecule has 1 aliphatic carbocycles. The van der Waals surface area contributed by atoms with Gasteiger partial charge >= 0.3 is 5.76 Å². The highest BCUT2D eigenvalue weighted by Crippen LogP contribution is 2.18. The number of piperazine rings is 1. The molecule has 0 unspecified atom stereocenters. The van der Waals surface area contributed by atoms with Gasteiger partial charge in [-0.05, 0) is 25.0 Å². The summed E-state index contributed by atoms with van der Waals surface area (Å²) in [6, 6.07) is 9.44. The molecule has 2 heterocycles. The van der Waals surface area contributed by atoms with Crippen LogP contribution in [0.5, 0.6) is 0 Å². The third-order valence-electron chi connectivity index (χ3n) is 4.95. The van der Waals surface area contributed by atoms with Crippen LogP contribution in [0.1, 0.15) is 12.8 Å². The molecular formula is C19H23N5O4. The number of amides is 2. The number of nitrogens with zero attached hydrogens (tertiary/aromatic N) is 4. The zero-order valence-electron chi connectivity index (χ0n) is 15.5. The van der Waals surface area contributed by atoms with Gasteiger partial charge in [0.15, 0.2) is 0 Å². The van der Waals surface area contributed by atoms with Gasteiger partial charge in [-0.2, -0.15) is 4.68 Å². The van der Waals surface area contributed by atoms with Crippen LogP contribution in [0.3, 0.4) is 0 Å². The number of hydrogen-bond acceptors (Lipinski definition) is 6. The molecule has 0 radical (unpaired) electrons. The molecule has 4 rings (SSSR count). The second kappa shape index (κ2) is 7.97. The molecule has 1 N–H and O–H groups in total. The van der Waals surface area contributed by atoms with E-state index in [1.807, 2.05) is 23.1 Å². The lowest BCUT2D eigenvalue weighted by Gasteiger charge is -2.34.